The number of rotatable bonds is 10. The fourth-order valence-electron chi connectivity index (χ4n) is 7.37. The third-order valence-corrected chi connectivity index (χ3v) is 11.1. The average molecular weight is 727 g/mol. The second kappa shape index (κ2) is 15.3. The number of piperidine rings is 2. The zero-order valence-corrected chi connectivity index (χ0v) is 29.5. The number of hydrogen-bond acceptors (Lipinski definition) is 7. The molecule has 6 rings (SSSR count). The topological polar surface area (TPSA) is 91.8 Å². The van der Waals surface area contributed by atoms with Crippen molar-refractivity contribution < 1.29 is 35.5 Å². The highest BCUT2D eigenvalue weighted by Gasteiger charge is 2.42. The molecule has 8 nitrogen and oxygen atoms in total. The van der Waals surface area contributed by atoms with Crippen LogP contribution in [0.5, 0.6) is 5.75 Å². The first kappa shape index (κ1) is 36.7. The van der Waals surface area contributed by atoms with Crippen molar-refractivity contribution in [2.75, 3.05) is 39.5 Å². The summed E-state index contributed by atoms with van der Waals surface area (Å²) in [4.78, 5) is 23.9. The summed E-state index contributed by atoms with van der Waals surface area (Å²) in [6, 6.07) is 14.4. The largest absolute Gasteiger partial charge is 0.495 e. The van der Waals surface area contributed by atoms with Gasteiger partial charge >= 0.3 is 6.18 Å². The maximum atomic E-state index is 14.6. The van der Waals surface area contributed by atoms with E-state index in [1.807, 2.05) is 0 Å². The number of hydrogen-bond donors (Lipinski definition) is 1. The molecule has 1 atom stereocenters. The number of fused-ring (bicyclic) bond motifs is 1. The fraction of sp³-hybridized carbons (Fsp3) is 0.421. The van der Waals surface area contributed by atoms with Crippen molar-refractivity contribution >= 4 is 26.6 Å². The highest BCUT2D eigenvalue weighted by atomic mass is 32.2. The molecule has 0 saturated carbocycles. The molecular formula is C38H42F4N4O4S. The summed E-state index contributed by atoms with van der Waals surface area (Å²) in [5.74, 6) is -1.07. The Morgan fingerprint density at radius 1 is 0.980 bits per heavy atom. The van der Waals surface area contributed by atoms with E-state index >= 15 is 0 Å². The molecule has 13 heteroatoms. The molecule has 3 heterocycles. The summed E-state index contributed by atoms with van der Waals surface area (Å²) in [5, 5.41) is 2.30. The van der Waals surface area contributed by atoms with E-state index in [0.29, 0.717) is 41.5 Å². The Bertz CT molecular complexity index is 1980. The molecule has 1 amide bonds. The lowest BCUT2D eigenvalue weighted by atomic mass is 9.93. The molecule has 0 spiro atoms. The van der Waals surface area contributed by atoms with Gasteiger partial charge in [-0.2, -0.15) is 13.2 Å². The molecule has 1 N–H and O–H groups in total. The third kappa shape index (κ3) is 8.21. The Morgan fingerprint density at radius 3 is 2.31 bits per heavy atom. The van der Waals surface area contributed by atoms with E-state index in [0.717, 1.165) is 32.2 Å². The van der Waals surface area contributed by atoms with Crippen LogP contribution < -0.4 is 10.1 Å². The molecule has 51 heavy (non-hydrogen) atoms. The Labute approximate surface area is 295 Å². The number of alkyl halides is 4. The predicted octanol–water partition coefficient (Wildman–Crippen LogP) is 7.27. The normalized spacial score (nSPS) is 17.4. The third-order valence-electron chi connectivity index (χ3n) is 9.93. The van der Waals surface area contributed by atoms with Crippen LogP contribution in [0.2, 0.25) is 0 Å². The number of carbonyl (C=O) groups is 1. The molecule has 2 aliphatic heterocycles. The van der Waals surface area contributed by atoms with Gasteiger partial charge in [-0.15, -0.1) is 0 Å². The van der Waals surface area contributed by atoms with Gasteiger partial charge in [-0.1, -0.05) is 55.0 Å². The summed E-state index contributed by atoms with van der Waals surface area (Å²) < 4.78 is 89.2. The van der Waals surface area contributed by atoms with Crippen LogP contribution in [0.4, 0.5) is 17.6 Å². The standard InChI is InChI=1S/C38H42F4N4O4S/c1-50-32-22-31-29(21-33(32)51(2,48)49)34(37(47)44-36(38(40,41)42)26-11-5-3-6-12-26)30(35(43-31)27-13-9-10-25(20-27)23-39)24-45-18-14-28(15-19-45)46-16-7-4-8-17-46/h3,5-6,9-13,20-22,28,36H,4,7-8,14-19,23-24H2,1-2H3,(H,44,47)/t36-/m1/s1. The zero-order chi connectivity index (χ0) is 36.3. The molecule has 1 aromatic heterocycles. The average Bonchev–Trinajstić information content (AvgIpc) is 3.13. The van der Waals surface area contributed by atoms with Crippen LogP contribution in [0.25, 0.3) is 22.2 Å². The van der Waals surface area contributed by atoms with Crippen LogP contribution in [-0.2, 0) is 23.1 Å². The van der Waals surface area contributed by atoms with Gasteiger partial charge in [-0.3, -0.25) is 9.69 Å². The van der Waals surface area contributed by atoms with E-state index in [-0.39, 0.29) is 39.2 Å². The Balaban J connectivity index is 1.54. The van der Waals surface area contributed by atoms with Crippen molar-refractivity contribution in [3.05, 3.63) is 89.0 Å². The van der Waals surface area contributed by atoms with Crippen molar-refractivity contribution in [3.63, 3.8) is 0 Å². The molecular weight excluding hydrogens is 685 g/mol. The number of pyridine rings is 1. The highest BCUT2D eigenvalue weighted by molar-refractivity contribution is 7.90. The molecule has 0 radical (unpaired) electrons. The monoisotopic (exact) mass is 726 g/mol. The summed E-state index contributed by atoms with van der Waals surface area (Å²) in [5.41, 5.74) is 1.30. The second-order valence-corrected chi connectivity index (χ2v) is 15.4. The number of methoxy groups -OCH3 is 1. The van der Waals surface area contributed by atoms with Gasteiger partial charge in [0.15, 0.2) is 15.9 Å². The van der Waals surface area contributed by atoms with E-state index in [9.17, 15) is 30.8 Å². The minimum absolute atomic E-state index is 0.0303. The molecule has 2 fully saturated rings. The molecule has 0 bridgehead atoms. The SMILES string of the molecule is COc1cc2nc(-c3cccc(CF)c3)c(CN3CCC(N4CCCCC4)CC3)c(C(=O)N[C@H](c3ccccc3)C(F)(F)F)c2cc1S(C)(=O)=O. The predicted molar refractivity (Wildman–Crippen MR) is 188 cm³/mol. The smallest absolute Gasteiger partial charge is 0.412 e. The second-order valence-electron chi connectivity index (χ2n) is 13.4. The number of nitrogens with one attached hydrogen (secondary N) is 1. The number of likely N-dealkylation sites (tertiary alicyclic amines) is 2. The molecule has 272 valence electrons. The van der Waals surface area contributed by atoms with Crippen molar-refractivity contribution in [1.29, 1.82) is 0 Å². The fourth-order valence-corrected chi connectivity index (χ4v) is 8.21. The van der Waals surface area contributed by atoms with Crippen molar-refractivity contribution in [2.45, 2.75) is 68.5 Å². The van der Waals surface area contributed by atoms with Gasteiger partial charge in [0.25, 0.3) is 5.91 Å². The summed E-state index contributed by atoms with van der Waals surface area (Å²) in [7, 11) is -2.62. The number of nitrogens with zero attached hydrogens (tertiary/aromatic N) is 3. The van der Waals surface area contributed by atoms with Crippen molar-refractivity contribution in [1.82, 2.24) is 20.1 Å². The lowest BCUT2D eigenvalue weighted by Crippen LogP contribution is -2.46. The first-order chi connectivity index (χ1) is 24.4. The van der Waals surface area contributed by atoms with Crippen LogP contribution >= 0.6 is 0 Å². The molecule has 3 aromatic carbocycles. The van der Waals surface area contributed by atoms with Crippen LogP contribution in [-0.4, -0.2) is 80.9 Å². The van der Waals surface area contributed by atoms with Gasteiger partial charge in [0.2, 0.25) is 0 Å². The number of sulfone groups is 1. The first-order valence-electron chi connectivity index (χ1n) is 17.2. The first-order valence-corrected chi connectivity index (χ1v) is 19.1. The lowest BCUT2D eigenvalue weighted by Gasteiger charge is -2.40. The number of benzene rings is 3. The summed E-state index contributed by atoms with van der Waals surface area (Å²) >= 11 is 0. The van der Waals surface area contributed by atoms with Gasteiger partial charge in [-0.25, -0.2) is 17.8 Å². The summed E-state index contributed by atoms with van der Waals surface area (Å²) in [6.07, 6.45) is 1.48. The van der Waals surface area contributed by atoms with E-state index in [2.05, 4.69) is 15.1 Å². The number of aromatic nitrogens is 1. The molecule has 4 aromatic rings. The Morgan fingerprint density at radius 2 is 1.69 bits per heavy atom. The quantitative estimate of drug-likeness (QED) is 0.172. The molecule has 2 aliphatic rings. The van der Waals surface area contributed by atoms with Gasteiger partial charge in [0, 0.05) is 41.4 Å². The summed E-state index contributed by atoms with van der Waals surface area (Å²) in [6.45, 7) is 2.87. The number of amides is 1. The highest BCUT2D eigenvalue weighted by Crippen LogP contribution is 2.39. The van der Waals surface area contributed by atoms with E-state index in [1.54, 1.807) is 30.3 Å². The van der Waals surface area contributed by atoms with Crippen LogP contribution in [0, 0.1) is 0 Å². The van der Waals surface area contributed by atoms with Gasteiger partial charge in [-0.05, 0) is 75.1 Å². The Hall–Kier alpha value is -4.07. The maximum absolute atomic E-state index is 14.6. The van der Waals surface area contributed by atoms with Crippen molar-refractivity contribution in [3.8, 4) is 17.0 Å². The minimum Gasteiger partial charge on any atom is -0.495 e. The van der Waals surface area contributed by atoms with Gasteiger partial charge < -0.3 is 15.0 Å². The number of ether oxygens (including phenoxy) is 1. The maximum Gasteiger partial charge on any atom is 0.412 e. The van der Waals surface area contributed by atoms with Crippen LogP contribution in [0.15, 0.2) is 71.6 Å². The van der Waals surface area contributed by atoms with E-state index < -0.39 is 34.6 Å². The number of halogens is 4. The van der Waals surface area contributed by atoms with Gasteiger partial charge in [0.1, 0.15) is 17.3 Å². The number of carbonyl (C=O) groups excluding carboxylic acids is 1. The zero-order valence-electron chi connectivity index (χ0n) is 28.7. The van der Waals surface area contributed by atoms with Crippen molar-refractivity contribution in [2.24, 2.45) is 0 Å². The van der Waals surface area contributed by atoms with Crippen LogP contribution in [0.3, 0.4) is 0 Å². The van der Waals surface area contributed by atoms with Crippen LogP contribution in [0.1, 0.15) is 65.2 Å². The van der Waals surface area contributed by atoms with Gasteiger partial charge in [0.05, 0.1) is 23.9 Å². The molecule has 0 unspecified atom stereocenters. The molecule has 0 aliphatic carbocycles. The van der Waals surface area contributed by atoms with E-state index in [1.165, 1.54) is 62.8 Å². The van der Waals surface area contributed by atoms with E-state index in [4.69, 9.17) is 9.72 Å². The Kier molecular flexibility index (Phi) is 11.0. The molecule has 2 saturated heterocycles. The lowest BCUT2D eigenvalue weighted by molar-refractivity contribution is -0.155. The minimum atomic E-state index is -4.85.